The van der Waals surface area contributed by atoms with Gasteiger partial charge in [0.2, 0.25) is 0 Å². The largest absolute Gasteiger partial charge is 2.00 e. The molecule has 2 nitrogen and oxygen atoms in total. The van der Waals surface area contributed by atoms with E-state index in [1.165, 1.54) is 26.4 Å². The van der Waals surface area contributed by atoms with Gasteiger partial charge in [-0.2, -0.15) is 13.8 Å². The molecule has 0 radical (unpaired) electrons. The van der Waals surface area contributed by atoms with Gasteiger partial charge in [-0.25, -0.2) is 0 Å². The first-order valence-electron chi connectivity index (χ1n) is 1.41. The molecule has 0 amide bonds. The molecule has 0 unspecified atom stereocenters. The Hall–Kier alpha value is 0.717. The molecule has 0 N–H and O–H groups in total. The number of rotatable bonds is 0. The van der Waals surface area contributed by atoms with Crippen LogP contribution in [0.25, 0.3) is 0 Å². The molecule has 0 fully saturated rings. The van der Waals surface area contributed by atoms with Crippen molar-refractivity contribution < 1.29 is 51.7 Å². The fourth-order valence-electron chi connectivity index (χ4n) is 0. The van der Waals surface area contributed by atoms with Crippen LogP contribution in [0.3, 0.4) is 0 Å². The second kappa shape index (κ2) is 237. The summed E-state index contributed by atoms with van der Waals surface area (Å²) < 4.78 is 0. The predicted octanol–water partition coefficient (Wildman–Crippen LogP) is 3.04. The molecule has 0 saturated heterocycles. The molecule has 0 aliphatic carbocycles. The van der Waals surface area contributed by atoms with Gasteiger partial charge in [-0.1, -0.05) is 22.3 Å². The van der Waals surface area contributed by atoms with E-state index in [0.29, 0.717) is 0 Å². The molecule has 0 saturated carbocycles. The topological polar surface area (TPSA) is 34.1 Å². The van der Waals surface area contributed by atoms with Crippen LogP contribution < -0.4 is 0 Å². The van der Waals surface area contributed by atoms with E-state index in [1.54, 1.807) is 0 Å². The quantitative estimate of drug-likeness (QED) is 0.450. The summed E-state index contributed by atoms with van der Waals surface area (Å²) in [6.45, 7) is 2.64. The molecule has 0 spiro atoms. The molecule has 0 aromatic heterocycles. The van der Waals surface area contributed by atoms with Crippen molar-refractivity contribution in [2.24, 2.45) is 0 Å². The summed E-state index contributed by atoms with van der Waals surface area (Å²) in [5, 5.41) is 0. The molecule has 84 valence electrons. The van der Waals surface area contributed by atoms with Crippen molar-refractivity contribution in [1.82, 2.24) is 0 Å². The monoisotopic (exact) mass is 532 g/mol. The first-order chi connectivity index (χ1) is 2.83. The van der Waals surface area contributed by atoms with Gasteiger partial charge in [0.1, 0.15) is 0 Å². The standard InChI is InChI=1S/2C2H3O.3CH4.2CH3.2W/c2*1-2-3;;;;;;;/h2*1H3;3*1H4;2*1H3;;/q2*-1;;;;2*-1;2*+2. The van der Waals surface area contributed by atoms with Crippen LogP contribution in [0.15, 0.2) is 0 Å². The molecule has 0 aliphatic heterocycles. The Balaban J connectivity index is -0.00000000229. The maximum Gasteiger partial charge on any atom is 2.00 e. The summed E-state index contributed by atoms with van der Waals surface area (Å²) >= 11 is 0. The van der Waals surface area contributed by atoms with Crippen molar-refractivity contribution in [1.29, 1.82) is 0 Å². The first kappa shape index (κ1) is 99.7. The Morgan fingerprint density at radius 3 is 0.692 bits per heavy atom. The van der Waals surface area contributed by atoms with E-state index in [4.69, 9.17) is 9.59 Å². The van der Waals surface area contributed by atoms with Crippen LogP contribution >= 0.6 is 0 Å². The zero-order valence-electron chi connectivity index (χ0n) is 6.63. The maximum absolute atomic E-state index is 8.68. The van der Waals surface area contributed by atoms with E-state index < -0.39 is 0 Å². The Labute approximate surface area is 115 Å². The predicted molar refractivity (Wildman–Crippen MR) is 55.8 cm³/mol. The van der Waals surface area contributed by atoms with Crippen LogP contribution in [0.1, 0.15) is 36.1 Å². The van der Waals surface area contributed by atoms with Crippen molar-refractivity contribution in [3.8, 4) is 0 Å². The number of hydrogen-bond donors (Lipinski definition) is 0. The van der Waals surface area contributed by atoms with Gasteiger partial charge in [0.05, 0.1) is 0 Å². The third-order valence-corrected chi connectivity index (χ3v) is 0. The number of hydrogen-bond acceptors (Lipinski definition) is 2. The van der Waals surface area contributed by atoms with E-state index in [-0.39, 0.29) is 79.3 Å². The van der Waals surface area contributed by atoms with Crippen molar-refractivity contribution >= 4 is 12.6 Å². The minimum absolute atomic E-state index is 0. The third kappa shape index (κ3) is 2840. The van der Waals surface area contributed by atoms with Crippen LogP contribution in [0.2, 0.25) is 0 Å². The Bertz CT molecular complexity index is 36.6. The first-order valence-corrected chi connectivity index (χ1v) is 1.41. The van der Waals surface area contributed by atoms with Crippen molar-refractivity contribution in [3.63, 3.8) is 0 Å². The molecule has 0 atom stereocenters. The summed E-state index contributed by atoms with van der Waals surface area (Å²) in [6, 6.07) is 0. The van der Waals surface area contributed by atoms with Crippen molar-refractivity contribution in [2.75, 3.05) is 0 Å². The SMILES string of the molecule is C.C.C.C[C-]=O.C[C-]=O.[CH3-].[CH3-].[W+2].[W+2]. The summed E-state index contributed by atoms with van der Waals surface area (Å²) in [7, 11) is 0. The zero-order chi connectivity index (χ0) is 5.41. The van der Waals surface area contributed by atoms with Gasteiger partial charge in [-0.15, -0.1) is 0 Å². The van der Waals surface area contributed by atoms with E-state index in [9.17, 15) is 0 Å². The number of carbonyl (C=O) groups excluding carboxylic acids is 2. The van der Waals surface area contributed by atoms with Gasteiger partial charge in [-0.05, 0) is 0 Å². The molecule has 0 heterocycles. The molecule has 0 bridgehead atoms. The average Bonchev–Trinajstić information content (AvgIpc) is 1.39. The van der Waals surface area contributed by atoms with Crippen LogP contribution in [-0.2, 0) is 51.7 Å². The van der Waals surface area contributed by atoms with Crippen LogP contribution in [0.4, 0.5) is 0 Å². The molecule has 0 aliphatic rings. The normalized spacial score (nSPS) is 2.00. The summed E-state index contributed by atoms with van der Waals surface area (Å²) in [4.78, 5) is 17.4. The fourth-order valence-corrected chi connectivity index (χ4v) is 0. The molecular formula is C9H24O2W2. The molecule has 0 aromatic rings. The molecule has 4 heteroatoms. The minimum atomic E-state index is 0. The van der Waals surface area contributed by atoms with Gasteiger partial charge in [0.25, 0.3) is 0 Å². The van der Waals surface area contributed by atoms with E-state index in [1.807, 2.05) is 0 Å². The van der Waals surface area contributed by atoms with Gasteiger partial charge >= 0.3 is 42.1 Å². The molecule has 13 heavy (non-hydrogen) atoms. The van der Waals surface area contributed by atoms with Crippen molar-refractivity contribution in [2.45, 2.75) is 36.1 Å². The van der Waals surface area contributed by atoms with E-state index in [0.717, 1.165) is 0 Å². The Morgan fingerprint density at radius 2 is 0.692 bits per heavy atom. The van der Waals surface area contributed by atoms with E-state index in [2.05, 4.69) is 0 Å². The fraction of sp³-hybridized carbons (Fsp3) is 0.556. The summed E-state index contributed by atoms with van der Waals surface area (Å²) in [6.07, 6.45) is 3.00. The van der Waals surface area contributed by atoms with Gasteiger partial charge in [0, 0.05) is 0 Å². The van der Waals surface area contributed by atoms with Crippen LogP contribution in [0, 0.1) is 14.9 Å². The molecular weight excluding hydrogens is 508 g/mol. The van der Waals surface area contributed by atoms with E-state index >= 15 is 0 Å². The smallest absolute Gasteiger partial charge is 0.542 e. The minimum Gasteiger partial charge on any atom is -0.542 e. The Morgan fingerprint density at radius 1 is 0.692 bits per heavy atom. The summed E-state index contributed by atoms with van der Waals surface area (Å²) in [5.74, 6) is 0. The molecule has 0 aromatic carbocycles. The molecule has 0 rings (SSSR count). The third-order valence-electron chi connectivity index (χ3n) is 0. The van der Waals surface area contributed by atoms with Crippen LogP contribution in [-0.4, -0.2) is 12.6 Å². The van der Waals surface area contributed by atoms with Gasteiger partial charge < -0.3 is 24.4 Å². The van der Waals surface area contributed by atoms with Crippen molar-refractivity contribution in [3.05, 3.63) is 14.9 Å². The zero-order valence-corrected chi connectivity index (χ0v) is 12.5. The van der Waals surface area contributed by atoms with Crippen LogP contribution in [0.5, 0.6) is 0 Å². The van der Waals surface area contributed by atoms with Gasteiger partial charge in [-0.3, -0.25) is 12.6 Å². The average molecular weight is 532 g/mol. The Kier molecular flexibility index (Phi) is 1810. The van der Waals surface area contributed by atoms with Gasteiger partial charge in [0.15, 0.2) is 0 Å². The second-order valence-corrected chi connectivity index (χ2v) is 0.408. The maximum atomic E-state index is 8.68. The second-order valence-electron chi connectivity index (χ2n) is 0.408. The summed E-state index contributed by atoms with van der Waals surface area (Å²) in [5.41, 5.74) is 0.